The molecule has 1 saturated heterocycles. The highest BCUT2D eigenvalue weighted by molar-refractivity contribution is 5.57. The smallest absolute Gasteiger partial charge is 0.222 e. The third kappa shape index (κ3) is 2.35. The van der Waals surface area contributed by atoms with Gasteiger partial charge < -0.3 is 18.9 Å². The molecular weight excluding hydrogens is 290 g/mol. The van der Waals surface area contributed by atoms with Crippen LogP contribution in [0.15, 0.2) is 12.1 Å². The van der Waals surface area contributed by atoms with Gasteiger partial charge in [0, 0.05) is 16.9 Å². The molecular formula is C15H19NO6. The maximum absolute atomic E-state index is 11.4. The minimum absolute atomic E-state index is 0.0396. The molecule has 1 heterocycles. The predicted molar refractivity (Wildman–Crippen MR) is 77.5 cm³/mol. The highest BCUT2D eigenvalue weighted by atomic mass is 16.6. The molecule has 7 heteroatoms. The van der Waals surface area contributed by atoms with Crippen molar-refractivity contribution in [2.45, 2.75) is 37.0 Å². The molecule has 3 rings (SSSR count). The van der Waals surface area contributed by atoms with Crippen LogP contribution in [0.4, 0.5) is 0 Å². The van der Waals surface area contributed by atoms with Crippen LogP contribution >= 0.6 is 0 Å². The maximum atomic E-state index is 11.4. The number of rotatable bonds is 5. The van der Waals surface area contributed by atoms with Crippen LogP contribution in [0.2, 0.25) is 0 Å². The SMILES string of the molecule is COc1ccc([C@H]2C[C@@H]3O[C@@H]3C[C@@H]2[N+](=O)[O-])c(OC)c1OC. The van der Waals surface area contributed by atoms with Gasteiger partial charge in [-0.2, -0.15) is 0 Å². The molecule has 0 spiro atoms. The minimum atomic E-state index is -0.671. The molecule has 1 aliphatic heterocycles. The second kappa shape index (κ2) is 5.64. The Morgan fingerprint density at radius 1 is 1.09 bits per heavy atom. The third-order valence-electron chi connectivity index (χ3n) is 4.52. The van der Waals surface area contributed by atoms with Crippen molar-refractivity contribution in [2.75, 3.05) is 21.3 Å². The van der Waals surface area contributed by atoms with Gasteiger partial charge >= 0.3 is 0 Å². The maximum Gasteiger partial charge on any atom is 0.222 e. The molecule has 0 N–H and O–H groups in total. The van der Waals surface area contributed by atoms with Crippen LogP contribution in [0.1, 0.15) is 24.3 Å². The van der Waals surface area contributed by atoms with Gasteiger partial charge in [-0.3, -0.25) is 10.1 Å². The van der Waals surface area contributed by atoms with E-state index in [-0.39, 0.29) is 23.0 Å². The Labute approximate surface area is 128 Å². The summed E-state index contributed by atoms with van der Waals surface area (Å²) in [7, 11) is 4.59. The van der Waals surface area contributed by atoms with E-state index in [1.165, 1.54) is 14.2 Å². The van der Waals surface area contributed by atoms with E-state index < -0.39 is 6.04 Å². The highest BCUT2D eigenvalue weighted by Crippen LogP contribution is 2.50. The van der Waals surface area contributed by atoms with E-state index >= 15 is 0 Å². The molecule has 0 aromatic heterocycles. The van der Waals surface area contributed by atoms with E-state index in [1.807, 2.05) is 6.07 Å². The lowest BCUT2D eigenvalue weighted by Gasteiger charge is -2.26. The van der Waals surface area contributed by atoms with E-state index in [0.29, 0.717) is 30.1 Å². The number of hydrogen-bond donors (Lipinski definition) is 0. The first-order valence-electron chi connectivity index (χ1n) is 7.18. The second-order valence-electron chi connectivity index (χ2n) is 5.57. The van der Waals surface area contributed by atoms with Gasteiger partial charge in [0.1, 0.15) is 0 Å². The summed E-state index contributed by atoms with van der Waals surface area (Å²) in [5, 5.41) is 11.4. The number of benzene rings is 1. The monoisotopic (exact) mass is 309 g/mol. The summed E-state index contributed by atoms with van der Waals surface area (Å²) in [5.74, 6) is 1.24. The Bertz CT molecular complexity index is 590. The largest absolute Gasteiger partial charge is 0.493 e. The summed E-state index contributed by atoms with van der Waals surface area (Å²) in [4.78, 5) is 11.2. The van der Waals surface area contributed by atoms with Gasteiger partial charge in [0.2, 0.25) is 11.8 Å². The van der Waals surface area contributed by atoms with Crippen molar-refractivity contribution in [1.29, 1.82) is 0 Å². The van der Waals surface area contributed by atoms with E-state index in [9.17, 15) is 10.1 Å². The fourth-order valence-corrected chi connectivity index (χ4v) is 3.39. The summed E-state index contributed by atoms with van der Waals surface area (Å²) < 4.78 is 21.6. The number of ether oxygens (including phenoxy) is 4. The molecule has 0 bridgehead atoms. The van der Waals surface area contributed by atoms with Crippen molar-refractivity contribution < 1.29 is 23.9 Å². The van der Waals surface area contributed by atoms with Crippen molar-refractivity contribution in [3.05, 3.63) is 27.8 Å². The van der Waals surface area contributed by atoms with E-state index in [4.69, 9.17) is 18.9 Å². The van der Waals surface area contributed by atoms with Crippen LogP contribution in [0.5, 0.6) is 17.2 Å². The molecule has 1 aliphatic carbocycles. The number of fused-ring (bicyclic) bond motifs is 1. The van der Waals surface area contributed by atoms with E-state index in [0.717, 1.165) is 5.56 Å². The van der Waals surface area contributed by atoms with Crippen molar-refractivity contribution >= 4 is 0 Å². The van der Waals surface area contributed by atoms with E-state index in [1.54, 1.807) is 13.2 Å². The zero-order chi connectivity index (χ0) is 15.9. The first kappa shape index (κ1) is 14.9. The number of methoxy groups -OCH3 is 3. The zero-order valence-corrected chi connectivity index (χ0v) is 12.8. The topological polar surface area (TPSA) is 83.4 Å². The Balaban J connectivity index is 2.03. The fourth-order valence-electron chi connectivity index (χ4n) is 3.39. The molecule has 22 heavy (non-hydrogen) atoms. The van der Waals surface area contributed by atoms with Crippen LogP contribution in [0, 0.1) is 10.1 Å². The number of hydrogen-bond acceptors (Lipinski definition) is 6. The fraction of sp³-hybridized carbons (Fsp3) is 0.600. The molecule has 1 saturated carbocycles. The molecule has 1 aromatic carbocycles. The zero-order valence-electron chi connectivity index (χ0n) is 12.8. The molecule has 2 aliphatic rings. The van der Waals surface area contributed by atoms with Gasteiger partial charge in [-0.1, -0.05) is 6.07 Å². The Hall–Kier alpha value is -2.02. The molecule has 2 fully saturated rings. The Kier molecular flexibility index (Phi) is 3.82. The average Bonchev–Trinajstić information content (AvgIpc) is 3.30. The summed E-state index contributed by atoms with van der Waals surface area (Å²) >= 11 is 0. The van der Waals surface area contributed by atoms with Crippen molar-refractivity contribution in [3.63, 3.8) is 0 Å². The summed E-state index contributed by atoms with van der Waals surface area (Å²) in [6.07, 6.45) is 1.24. The first-order chi connectivity index (χ1) is 10.6. The molecule has 7 nitrogen and oxygen atoms in total. The van der Waals surface area contributed by atoms with Crippen LogP contribution in [0.3, 0.4) is 0 Å². The quantitative estimate of drug-likeness (QED) is 0.470. The van der Waals surface area contributed by atoms with Gasteiger partial charge in [0.25, 0.3) is 0 Å². The third-order valence-corrected chi connectivity index (χ3v) is 4.52. The van der Waals surface area contributed by atoms with Crippen LogP contribution in [-0.4, -0.2) is 44.5 Å². The minimum Gasteiger partial charge on any atom is -0.493 e. The normalized spacial score (nSPS) is 29.4. The molecule has 0 amide bonds. The highest BCUT2D eigenvalue weighted by Gasteiger charge is 2.54. The number of nitrogens with zero attached hydrogens (tertiary/aromatic N) is 1. The van der Waals surface area contributed by atoms with Crippen molar-refractivity contribution in [3.8, 4) is 17.2 Å². The van der Waals surface area contributed by atoms with Gasteiger partial charge in [-0.25, -0.2) is 0 Å². The Morgan fingerprint density at radius 3 is 2.36 bits per heavy atom. The average molecular weight is 309 g/mol. The van der Waals surface area contributed by atoms with E-state index in [2.05, 4.69) is 0 Å². The van der Waals surface area contributed by atoms with Gasteiger partial charge in [-0.05, 0) is 12.5 Å². The lowest BCUT2D eigenvalue weighted by Crippen LogP contribution is -2.34. The van der Waals surface area contributed by atoms with Crippen LogP contribution < -0.4 is 14.2 Å². The standard InChI is InChI=1S/C15H19NO6/c1-19-11-5-4-8(14(20-2)15(11)21-3)9-6-12-13(22-12)7-10(9)16(17)18/h4-5,9-10,12-13H,6-7H2,1-3H3/t9-,10+,12+,13-/m1/s1. The first-order valence-corrected chi connectivity index (χ1v) is 7.18. The molecule has 1 aromatic rings. The summed E-state index contributed by atoms with van der Waals surface area (Å²) in [6.45, 7) is 0. The van der Waals surface area contributed by atoms with Crippen LogP contribution in [0.25, 0.3) is 0 Å². The lowest BCUT2D eigenvalue weighted by atomic mass is 9.79. The Morgan fingerprint density at radius 2 is 1.77 bits per heavy atom. The molecule has 0 radical (unpaired) electrons. The van der Waals surface area contributed by atoms with Crippen molar-refractivity contribution in [1.82, 2.24) is 0 Å². The summed E-state index contributed by atoms with van der Waals surface area (Å²) in [6, 6.07) is 2.91. The lowest BCUT2D eigenvalue weighted by molar-refractivity contribution is -0.529. The van der Waals surface area contributed by atoms with Crippen LogP contribution in [-0.2, 0) is 4.74 Å². The van der Waals surface area contributed by atoms with Gasteiger partial charge in [0.15, 0.2) is 11.5 Å². The summed E-state index contributed by atoms with van der Waals surface area (Å²) in [5.41, 5.74) is 0.774. The number of epoxide rings is 1. The molecule has 0 unspecified atom stereocenters. The van der Waals surface area contributed by atoms with Gasteiger partial charge in [0.05, 0.1) is 39.5 Å². The number of nitro groups is 1. The van der Waals surface area contributed by atoms with Crippen molar-refractivity contribution in [2.24, 2.45) is 0 Å². The predicted octanol–water partition coefficient (Wildman–Crippen LogP) is 2.00. The van der Waals surface area contributed by atoms with Gasteiger partial charge in [-0.15, -0.1) is 0 Å². The molecule has 120 valence electrons. The molecule has 4 atom stereocenters. The second-order valence-corrected chi connectivity index (χ2v) is 5.57.